The van der Waals surface area contributed by atoms with Gasteiger partial charge in [-0.25, -0.2) is 8.42 Å². The summed E-state index contributed by atoms with van der Waals surface area (Å²) in [6, 6.07) is 0.266. The molecule has 0 saturated carbocycles. The number of likely N-dealkylation sites (N-methyl/N-ethyl adjacent to an activating group) is 1. The molecule has 18 heavy (non-hydrogen) atoms. The Kier molecular flexibility index (Phi) is 6.09. The van der Waals surface area contributed by atoms with Gasteiger partial charge in [0.25, 0.3) is 0 Å². The van der Waals surface area contributed by atoms with Crippen molar-refractivity contribution in [2.75, 3.05) is 20.1 Å². The molecule has 9 heteroatoms. The fourth-order valence-corrected chi connectivity index (χ4v) is 3.73. The lowest BCUT2D eigenvalue weighted by atomic mass is 10.2. The number of rotatable bonds is 3. The number of hydrogen-bond acceptors (Lipinski definition) is 4. The maximum Gasteiger partial charge on any atom is 0.246 e. The Hall–Kier alpha value is -0.340. The average Bonchev–Trinajstić information content (AvgIpc) is 2.44. The average molecular weight is 317 g/mol. The lowest BCUT2D eigenvalue weighted by Crippen LogP contribution is -2.58. The first kappa shape index (κ1) is 17.7. The van der Waals surface area contributed by atoms with Crippen LogP contribution < -0.4 is 5.32 Å². The van der Waals surface area contributed by atoms with Crippen molar-refractivity contribution in [3.63, 3.8) is 0 Å². The molecule has 1 aromatic rings. The van der Waals surface area contributed by atoms with Crippen molar-refractivity contribution in [1.82, 2.24) is 19.8 Å². The minimum absolute atomic E-state index is 0. The van der Waals surface area contributed by atoms with Crippen molar-refractivity contribution in [3.8, 4) is 0 Å². The van der Waals surface area contributed by atoms with E-state index in [0.717, 1.165) is 0 Å². The molecule has 1 aliphatic rings. The van der Waals surface area contributed by atoms with Crippen molar-refractivity contribution in [2.24, 2.45) is 0 Å². The van der Waals surface area contributed by atoms with Crippen molar-refractivity contribution in [1.29, 1.82) is 0 Å². The van der Waals surface area contributed by atoms with E-state index in [2.05, 4.69) is 15.5 Å². The standard InChI is InChI=1S/C9H16N4O2S.2ClH/c1-6-9(7(2)12-11-6)16(14,15)13-4-8(5-13)10-3;;/h8,10H,4-5H2,1-3H3,(H,11,12);2*1H. The predicted octanol–water partition coefficient (Wildman–Crippen LogP) is 0.462. The van der Waals surface area contributed by atoms with E-state index < -0.39 is 10.0 Å². The molecule has 1 saturated heterocycles. The quantitative estimate of drug-likeness (QED) is 0.849. The first-order chi connectivity index (χ1) is 7.46. The van der Waals surface area contributed by atoms with Crippen molar-refractivity contribution in [2.45, 2.75) is 24.8 Å². The van der Waals surface area contributed by atoms with Gasteiger partial charge < -0.3 is 5.32 Å². The molecule has 0 spiro atoms. The van der Waals surface area contributed by atoms with E-state index in [1.54, 1.807) is 13.8 Å². The van der Waals surface area contributed by atoms with E-state index in [4.69, 9.17) is 0 Å². The van der Waals surface area contributed by atoms with E-state index in [0.29, 0.717) is 29.4 Å². The number of H-pyrrole nitrogens is 1. The van der Waals surface area contributed by atoms with Crippen LogP contribution in [0.4, 0.5) is 0 Å². The Labute approximate surface area is 119 Å². The van der Waals surface area contributed by atoms with Crippen molar-refractivity contribution >= 4 is 34.8 Å². The van der Waals surface area contributed by atoms with Crippen LogP contribution in [0.25, 0.3) is 0 Å². The smallest absolute Gasteiger partial charge is 0.246 e. The zero-order valence-corrected chi connectivity index (χ0v) is 12.9. The second-order valence-corrected chi connectivity index (χ2v) is 5.95. The number of hydrogen-bond donors (Lipinski definition) is 2. The van der Waals surface area contributed by atoms with E-state index in [9.17, 15) is 8.42 Å². The fourth-order valence-electron chi connectivity index (χ4n) is 1.87. The lowest BCUT2D eigenvalue weighted by Gasteiger charge is -2.37. The zero-order valence-electron chi connectivity index (χ0n) is 10.4. The minimum Gasteiger partial charge on any atom is -0.314 e. The van der Waals surface area contributed by atoms with Gasteiger partial charge in [-0.2, -0.15) is 9.40 Å². The topological polar surface area (TPSA) is 78.1 Å². The predicted molar refractivity (Wildman–Crippen MR) is 74.2 cm³/mol. The maximum absolute atomic E-state index is 12.2. The van der Waals surface area contributed by atoms with Crippen LogP contribution in [0, 0.1) is 13.8 Å². The summed E-state index contributed by atoms with van der Waals surface area (Å²) in [7, 11) is -1.53. The third kappa shape index (κ3) is 2.80. The number of sulfonamides is 1. The maximum atomic E-state index is 12.2. The first-order valence-corrected chi connectivity index (χ1v) is 6.59. The molecule has 0 bridgehead atoms. The van der Waals surface area contributed by atoms with Crippen molar-refractivity contribution in [3.05, 3.63) is 11.4 Å². The summed E-state index contributed by atoms with van der Waals surface area (Å²) < 4.78 is 25.9. The molecule has 1 aliphatic heterocycles. The van der Waals surface area contributed by atoms with E-state index in [1.807, 2.05) is 7.05 Å². The molecule has 0 aromatic carbocycles. The number of nitrogens with one attached hydrogen (secondary N) is 2. The summed E-state index contributed by atoms with van der Waals surface area (Å²) >= 11 is 0. The molecule has 6 nitrogen and oxygen atoms in total. The first-order valence-electron chi connectivity index (χ1n) is 5.15. The second kappa shape index (κ2) is 6.21. The fraction of sp³-hybridized carbons (Fsp3) is 0.667. The van der Waals surface area contributed by atoms with E-state index in [1.165, 1.54) is 4.31 Å². The molecular formula is C9H18Cl2N4O2S. The van der Waals surface area contributed by atoms with Gasteiger partial charge in [0.2, 0.25) is 10.0 Å². The van der Waals surface area contributed by atoms with Gasteiger partial charge >= 0.3 is 0 Å². The third-order valence-corrected chi connectivity index (χ3v) is 5.01. The molecule has 0 unspecified atom stereocenters. The van der Waals surface area contributed by atoms with Gasteiger partial charge in [0.05, 0.1) is 11.4 Å². The summed E-state index contributed by atoms with van der Waals surface area (Å²) in [5.74, 6) is 0. The normalized spacial score (nSPS) is 16.6. The molecule has 1 aromatic heterocycles. The highest BCUT2D eigenvalue weighted by atomic mass is 35.5. The van der Waals surface area contributed by atoms with Crippen LogP contribution in [0.2, 0.25) is 0 Å². The van der Waals surface area contributed by atoms with Gasteiger partial charge in [-0.3, -0.25) is 5.10 Å². The van der Waals surface area contributed by atoms with Crippen LogP contribution in [0.1, 0.15) is 11.4 Å². The third-order valence-electron chi connectivity index (χ3n) is 2.91. The number of aryl methyl sites for hydroxylation is 2. The molecular weight excluding hydrogens is 299 g/mol. The monoisotopic (exact) mass is 316 g/mol. The van der Waals surface area contributed by atoms with Crippen LogP contribution in [0.3, 0.4) is 0 Å². The van der Waals surface area contributed by atoms with E-state index in [-0.39, 0.29) is 30.9 Å². The zero-order chi connectivity index (χ0) is 11.9. The Morgan fingerprint density at radius 2 is 1.89 bits per heavy atom. The highest BCUT2D eigenvalue weighted by Gasteiger charge is 2.38. The highest BCUT2D eigenvalue weighted by molar-refractivity contribution is 7.89. The van der Waals surface area contributed by atoms with Gasteiger partial charge in [-0.15, -0.1) is 24.8 Å². The van der Waals surface area contributed by atoms with Crippen LogP contribution >= 0.6 is 24.8 Å². The molecule has 2 heterocycles. The van der Waals surface area contributed by atoms with Gasteiger partial charge in [0.15, 0.2) is 0 Å². The van der Waals surface area contributed by atoms with Crippen molar-refractivity contribution < 1.29 is 8.42 Å². The molecule has 2 rings (SSSR count). The molecule has 0 aliphatic carbocycles. The van der Waals surface area contributed by atoms with Gasteiger partial charge in [0, 0.05) is 19.1 Å². The number of aromatic nitrogens is 2. The summed E-state index contributed by atoms with van der Waals surface area (Å²) in [6.07, 6.45) is 0. The Balaban J connectivity index is 0.00000144. The Bertz CT molecular complexity index is 477. The van der Waals surface area contributed by atoms with Gasteiger partial charge in [-0.1, -0.05) is 0 Å². The molecule has 0 radical (unpaired) electrons. The highest BCUT2D eigenvalue weighted by Crippen LogP contribution is 2.25. The van der Waals surface area contributed by atoms with Crippen LogP contribution in [-0.2, 0) is 10.0 Å². The van der Waals surface area contributed by atoms with Gasteiger partial charge in [0.1, 0.15) is 4.90 Å². The Morgan fingerprint density at radius 3 is 2.28 bits per heavy atom. The summed E-state index contributed by atoms with van der Waals surface area (Å²) in [5.41, 5.74) is 1.14. The SMILES string of the molecule is CNC1CN(S(=O)(=O)c2c(C)n[nH]c2C)C1.Cl.Cl. The van der Waals surface area contributed by atoms with E-state index >= 15 is 0 Å². The summed E-state index contributed by atoms with van der Waals surface area (Å²) in [5, 5.41) is 9.66. The minimum atomic E-state index is -3.36. The van der Waals surface area contributed by atoms with Crippen LogP contribution in [-0.4, -0.2) is 49.1 Å². The van der Waals surface area contributed by atoms with Crippen LogP contribution in [0.5, 0.6) is 0 Å². The second-order valence-electron chi connectivity index (χ2n) is 4.07. The molecule has 1 fully saturated rings. The molecule has 0 atom stereocenters. The molecule has 106 valence electrons. The summed E-state index contributed by atoms with van der Waals surface area (Å²) in [6.45, 7) is 4.49. The largest absolute Gasteiger partial charge is 0.314 e. The lowest BCUT2D eigenvalue weighted by molar-refractivity contribution is 0.236. The number of halogens is 2. The van der Waals surface area contributed by atoms with Crippen LogP contribution in [0.15, 0.2) is 4.90 Å². The van der Waals surface area contributed by atoms with Gasteiger partial charge in [-0.05, 0) is 20.9 Å². The Morgan fingerprint density at radius 1 is 1.33 bits per heavy atom. The number of nitrogens with zero attached hydrogens (tertiary/aromatic N) is 2. The molecule has 0 amide bonds. The summed E-state index contributed by atoms with van der Waals surface area (Å²) in [4.78, 5) is 0.321. The number of aromatic amines is 1. The molecule has 2 N–H and O–H groups in total.